The molecule has 0 amide bonds. The molecule has 27 heavy (non-hydrogen) atoms. The fraction of sp³-hybridized carbons (Fsp3) is 0.368. The van der Waals surface area contributed by atoms with Crippen LogP contribution in [0, 0.1) is 0 Å². The molecule has 3 rings (SSSR count). The Hall–Kier alpha value is -2.84. The van der Waals surface area contributed by atoms with E-state index < -0.39 is 11.9 Å². The third kappa shape index (κ3) is 7.12. The van der Waals surface area contributed by atoms with Gasteiger partial charge in [0.15, 0.2) is 0 Å². The number of ether oxygens (including phenoxy) is 1. The molecule has 1 aliphatic rings. The van der Waals surface area contributed by atoms with Crippen LogP contribution in [0.5, 0.6) is 5.75 Å². The number of carboxylic acid groups (broad SMARTS) is 2. The predicted octanol–water partition coefficient (Wildman–Crippen LogP) is 1.76. The lowest BCUT2D eigenvalue weighted by Crippen LogP contribution is -2.45. The number of aliphatic carboxylic acids is 2. The van der Waals surface area contributed by atoms with Crippen molar-refractivity contribution in [3.63, 3.8) is 0 Å². The van der Waals surface area contributed by atoms with Crippen LogP contribution in [0.2, 0.25) is 0 Å². The Morgan fingerprint density at radius 3 is 1.96 bits per heavy atom. The van der Waals surface area contributed by atoms with E-state index in [1.165, 1.54) is 5.56 Å². The van der Waals surface area contributed by atoms with E-state index in [0.717, 1.165) is 50.8 Å². The van der Waals surface area contributed by atoms with Crippen LogP contribution in [0.3, 0.4) is 0 Å². The first kappa shape index (κ1) is 20.5. The molecule has 1 saturated heterocycles. The van der Waals surface area contributed by atoms with Crippen LogP contribution >= 0.6 is 0 Å². The van der Waals surface area contributed by atoms with Crippen molar-refractivity contribution in [2.75, 3.05) is 33.3 Å². The van der Waals surface area contributed by atoms with E-state index in [1.807, 2.05) is 24.3 Å². The molecule has 8 heteroatoms. The molecular formula is C19H24N2O6. The van der Waals surface area contributed by atoms with Crippen LogP contribution in [0.4, 0.5) is 0 Å². The molecule has 8 nitrogen and oxygen atoms in total. The van der Waals surface area contributed by atoms with Gasteiger partial charge in [0.05, 0.1) is 19.9 Å². The minimum absolute atomic E-state index is 0.919. The van der Waals surface area contributed by atoms with Gasteiger partial charge in [0.25, 0.3) is 0 Å². The Morgan fingerprint density at radius 1 is 0.963 bits per heavy atom. The molecule has 2 heterocycles. The van der Waals surface area contributed by atoms with E-state index >= 15 is 0 Å². The van der Waals surface area contributed by atoms with Crippen LogP contribution in [-0.4, -0.2) is 65.2 Å². The minimum Gasteiger partial charge on any atom is -0.497 e. The highest BCUT2D eigenvalue weighted by molar-refractivity contribution is 6.27. The summed E-state index contributed by atoms with van der Waals surface area (Å²) in [7, 11) is 1.70. The van der Waals surface area contributed by atoms with Gasteiger partial charge >= 0.3 is 11.9 Å². The number of carboxylic acids is 2. The zero-order chi connectivity index (χ0) is 19.6. The number of hydrogen-bond donors (Lipinski definition) is 2. The second-order valence-corrected chi connectivity index (χ2v) is 6.09. The highest BCUT2D eigenvalue weighted by Gasteiger charge is 2.17. The largest absolute Gasteiger partial charge is 0.497 e. The third-order valence-electron chi connectivity index (χ3n) is 4.17. The average Bonchev–Trinajstić information content (AvgIpc) is 3.17. The number of rotatable bonds is 5. The predicted molar refractivity (Wildman–Crippen MR) is 97.5 cm³/mol. The lowest BCUT2D eigenvalue weighted by molar-refractivity contribution is -0.159. The zero-order valence-electron chi connectivity index (χ0n) is 15.2. The molecule has 1 fully saturated rings. The average molecular weight is 376 g/mol. The molecule has 2 aromatic rings. The Kier molecular flexibility index (Phi) is 7.84. The maximum absolute atomic E-state index is 9.10. The van der Waals surface area contributed by atoms with E-state index in [-0.39, 0.29) is 0 Å². The summed E-state index contributed by atoms with van der Waals surface area (Å²) in [6.07, 6.45) is 1.75. The fourth-order valence-corrected chi connectivity index (χ4v) is 2.72. The van der Waals surface area contributed by atoms with Gasteiger partial charge in [0, 0.05) is 32.7 Å². The molecule has 146 valence electrons. The summed E-state index contributed by atoms with van der Waals surface area (Å²) in [5, 5.41) is 14.8. The van der Waals surface area contributed by atoms with E-state index in [1.54, 1.807) is 13.4 Å². The molecule has 1 aromatic carbocycles. The summed E-state index contributed by atoms with van der Waals surface area (Å²) < 4.78 is 10.6. The number of methoxy groups -OCH3 is 1. The number of furan rings is 1. The van der Waals surface area contributed by atoms with E-state index in [0.29, 0.717) is 0 Å². The number of carbonyl (C=O) groups is 2. The van der Waals surface area contributed by atoms with Crippen LogP contribution in [0.1, 0.15) is 11.3 Å². The normalized spacial score (nSPS) is 14.9. The highest BCUT2D eigenvalue weighted by Crippen LogP contribution is 2.15. The number of hydrogen-bond acceptors (Lipinski definition) is 6. The molecule has 2 N–H and O–H groups in total. The van der Waals surface area contributed by atoms with E-state index in [2.05, 4.69) is 21.9 Å². The van der Waals surface area contributed by atoms with Gasteiger partial charge in [0.1, 0.15) is 11.5 Å². The van der Waals surface area contributed by atoms with Gasteiger partial charge in [-0.15, -0.1) is 0 Å². The molecule has 0 radical (unpaired) electrons. The fourth-order valence-electron chi connectivity index (χ4n) is 2.72. The van der Waals surface area contributed by atoms with Gasteiger partial charge in [-0.05, 0) is 29.8 Å². The minimum atomic E-state index is -1.82. The van der Waals surface area contributed by atoms with Crippen molar-refractivity contribution in [1.29, 1.82) is 0 Å². The maximum Gasteiger partial charge on any atom is 0.414 e. The van der Waals surface area contributed by atoms with Crippen molar-refractivity contribution < 1.29 is 29.0 Å². The zero-order valence-corrected chi connectivity index (χ0v) is 15.2. The summed E-state index contributed by atoms with van der Waals surface area (Å²) in [5.74, 6) is -1.68. The Balaban J connectivity index is 0.000000380. The monoisotopic (exact) mass is 376 g/mol. The van der Waals surface area contributed by atoms with E-state index in [4.69, 9.17) is 29.0 Å². The number of nitrogens with zero attached hydrogens (tertiary/aromatic N) is 2. The van der Waals surface area contributed by atoms with Crippen LogP contribution < -0.4 is 4.74 Å². The van der Waals surface area contributed by atoms with Gasteiger partial charge in [-0.1, -0.05) is 12.1 Å². The summed E-state index contributed by atoms with van der Waals surface area (Å²) in [4.78, 5) is 23.1. The molecule has 0 aliphatic carbocycles. The summed E-state index contributed by atoms with van der Waals surface area (Å²) in [6.45, 7) is 6.33. The van der Waals surface area contributed by atoms with Crippen molar-refractivity contribution in [3.8, 4) is 5.75 Å². The van der Waals surface area contributed by atoms with Crippen LogP contribution in [0.25, 0.3) is 0 Å². The standard InChI is InChI=1S/C17H22N2O2.C2H2O4/c1-20-16-6-4-15(5-7-16)13-18-8-10-19(11-9-18)14-17-3-2-12-21-17;3-1(4)2(5)6/h2-7,12H,8-11,13-14H2,1H3;(H,3,4)(H,5,6). The SMILES string of the molecule is COc1ccc(CN2CCN(Cc3ccco3)CC2)cc1.O=C(O)C(=O)O. The molecule has 0 saturated carbocycles. The quantitative estimate of drug-likeness (QED) is 0.761. The summed E-state index contributed by atoms with van der Waals surface area (Å²) in [6, 6.07) is 12.4. The second kappa shape index (κ2) is 10.3. The van der Waals surface area contributed by atoms with Crippen molar-refractivity contribution in [2.45, 2.75) is 13.1 Å². The third-order valence-corrected chi connectivity index (χ3v) is 4.17. The van der Waals surface area contributed by atoms with Crippen molar-refractivity contribution >= 4 is 11.9 Å². The van der Waals surface area contributed by atoms with Gasteiger partial charge < -0.3 is 19.4 Å². The van der Waals surface area contributed by atoms with E-state index in [9.17, 15) is 0 Å². The Labute approximate surface area is 157 Å². The molecule has 0 bridgehead atoms. The molecule has 0 spiro atoms. The maximum atomic E-state index is 9.10. The first-order valence-corrected chi connectivity index (χ1v) is 8.54. The lowest BCUT2D eigenvalue weighted by atomic mass is 10.2. The molecule has 0 unspecified atom stereocenters. The Morgan fingerprint density at radius 2 is 1.52 bits per heavy atom. The first-order valence-electron chi connectivity index (χ1n) is 8.54. The van der Waals surface area contributed by atoms with Crippen molar-refractivity contribution in [3.05, 3.63) is 54.0 Å². The first-order chi connectivity index (χ1) is 13.0. The van der Waals surface area contributed by atoms with Crippen molar-refractivity contribution in [2.24, 2.45) is 0 Å². The Bertz CT molecular complexity index is 694. The van der Waals surface area contributed by atoms with Gasteiger partial charge in [-0.2, -0.15) is 0 Å². The smallest absolute Gasteiger partial charge is 0.414 e. The summed E-state index contributed by atoms with van der Waals surface area (Å²) >= 11 is 0. The number of benzene rings is 1. The van der Waals surface area contributed by atoms with Crippen molar-refractivity contribution in [1.82, 2.24) is 9.80 Å². The summed E-state index contributed by atoms with van der Waals surface area (Å²) in [5.41, 5.74) is 1.34. The van der Waals surface area contributed by atoms with Crippen LogP contribution in [0.15, 0.2) is 47.1 Å². The topological polar surface area (TPSA) is 103 Å². The molecule has 1 aromatic heterocycles. The highest BCUT2D eigenvalue weighted by atomic mass is 16.5. The van der Waals surface area contributed by atoms with Gasteiger partial charge in [-0.25, -0.2) is 9.59 Å². The van der Waals surface area contributed by atoms with Gasteiger partial charge in [-0.3, -0.25) is 9.80 Å². The molecule has 1 aliphatic heterocycles. The van der Waals surface area contributed by atoms with Crippen LogP contribution in [-0.2, 0) is 22.7 Å². The molecular weight excluding hydrogens is 352 g/mol. The number of piperazine rings is 1. The lowest BCUT2D eigenvalue weighted by Gasteiger charge is -2.34. The van der Waals surface area contributed by atoms with Gasteiger partial charge in [0.2, 0.25) is 0 Å². The second-order valence-electron chi connectivity index (χ2n) is 6.09. The molecule has 0 atom stereocenters.